The lowest BCUT2D eigenvalue weighted by molar-refractivity contribution is 0.600. The molecule has 0 aromatic carbocycles. The molecule has 13 heavy (non-hydrogen) atoms. The molecular formula is C11H20N2. The van der Waals surface area contributed by atoms with E-state index in [4.69, 9.17) is 0 Å². The normalized spacial score (nSPS) is 28.4. The van der Waals surface area contributed by atoms with Crippen LogP contribution in [-0.2, 0) is 0 Å². The molecule has 1 fully saturated rings. The second-order valence-electron chi connectivity index (χ2n) is 3.46. The second-order valence-corrected chi connectivity index (χ2v) is 3.46. The zero-order chi connectivity index (χ0) is 9.52. The molecule has 0 aliphatic carbocycles. The van der Waals surface area contributed by atoms with Crippen molar-refractivity contribution in [3.63, 3.8) is 0 Å². The third-order valence-electron chi connectivity index (χ3n) is 2.51. The van der Waals surface area contributed by atoms with Crippen molar-refractivity contribution >= 4 is 0 Å². The molecule has 2 nitrogen and oxygen atoms in total. The van der Waals surface area contributed by atoms with Gasteiger partial charge >= 0.3 is 0 Å². The van der Waals surface area contributed by atoms with Gasteiger partial charge in [-0.1, -0.05) is 25.2 Å². The first-order valence-corrected chi connectivity index (χ1v) is 5.09. The maximum absolute atomic E-state index is 3.85. The predicted octanol–water partition coefficient (Wildman–Crippen LogP) is 1.17. The molecule has 2 N–H and O–H groups in total. The molecule has 1 aliphatic heterocycles. The van der Waals surface area contributed by atoms with Crippen molar-refractivity contribution in [2.75, 3.05) is 26.2 Å². The lowest BCUT2D eigenvalue weighted by Gasteiger charge is -2.08. The highest BCUT2D eigenvalue weighted by Gasteiger charge is 2.21. The Morgan fingerprint density at radius 1 is 1.46 bits per heavy atom. The Hall–Kier alpha value is -0.600. The van der Waals surface area contributed by atoms with Crippen LogP contribution in [0, 0.1) is 11.8 Å². The number of likely N-dealkylation sites (N-methyl/N-ethyl adjacent to an activating group) is 1. The van der Waals surface area contributed by atoms with E-state index in [1.165, 1.54) is 0 Å². The summed E-state index contributed by atoms with van der Waals surface area (Å²) in [6.07, 6.45) is 6.58. The Bertz CT molecular complexity index is 175. The summed E-state index contributed by atoms with van der Waals surface area (Å²) in [6, 6.07) is 0. The van der Waals surface area contributed by atoms with E-state index in [-0.39, 0.29) is 0 Å². The summed E-state index contributed by atoms with van der Waals surface area (Å²) in [5, 5.41) is 6.64. The zero-order valence-electron chi connectivity index (χ0n) is 8.42. The first-order valence-electron chi connectivity index (χ1n) is 5.09. The van der Waals surface area contributed by atoms with Gasteiger partial charge in [0.05, 0.1) is 0 Å². The summed E-state index contributed by atoms with van der Waals surface area (Å²) in [7, 11) is 0. The fourth-order valence-electron chi connectivity index (χ4n) is 1.66. The molecule has 74 valence electrons. The molecule has 0 saturated carbocycles. The number of hydrogen-bond acceptors (Lipinski definition) is 2. The maximum atomic E-state index is 3.85. The Labute approximate surface area is 81.1 Å². The van der Waals surface area contributed by atoms with Crippen molar-refractivity contribution in [2.24, 2.45) is 11.8 Å². The van der Waals surface area contributed by atoms with Gasteiger partial charge in [0.25, 0.3) is 0 Å². The maximum Gasteiger partial charge on any atom is 0.0134 e. The van der Waals surface area contributed by atoms with Crippen LogP contribution in [0.4, 0.5) is 0 Å². The van der Waals surface area contributed by atoms with E-state index < -0.39 is 0 Å². The van der Waals surface area contributed by atoms with Crippen LogP contribution in [0.1, 0.15) is 6.92 Å². The highest BCUT2D eigenvalue weighted by atomic mass is 14.9. The summed E-state index contributed by atoms with van der Waals surface area (Å²) in [5.41, 5.74) is 0. The number of nitrogens with one attached hydrogen (secondary N) is 2. The molecule has 0 aromatic rings. The lowest BCUT2D eigenvalue weighted by atomic mass is 9.96. The Morgan fingerprint density at radius 2 is 2.23 bits per heavy atom. The van der Waals surface area contributed by atoms with Crippen molar-refractivity contribution < 1.29 is 0 Å². The second kappa shape index (κ2) is 5.95. The van der Waals surface area contributed by atoms with Crippen molar-refractivity contribution in [3.8, 4) is 0 Å². The molecule has 1 rings (SSSR count). The van der Waals surface area contributed by atoms with Crippen molar-refractivity contribution in [1.82, 2.24) is 10.6 Å². The van der Waals surface area contributed by atoms with Crippen LogP contribution in [0.5, 0.6) is 0 Å². The van der Waals surface area contributed by atoms with E-state index >= 15 is 0 Å². The fourth-order valence-corrected chi connectivity index (χ4v) is 1.66. The zero-order valence-corrected chi connectivity index (χ0v) is 8.42. The van der Waals surface area contributed by atoms with E-state index in [2.05, 4.69) is 42.4 Å². The quantitative estimate of drug-likeness (QED) is 0.490. The molecule has 2 unspecified atom stereocenters. The van der Waals surface area contributed by atoms with Crippen molar-refractivity contribution in [1.29, 1.82) is 0 Å². The highest BCUT2D eigenvalue weighted by molar-refractivity contribution is 5.02. The average molecular weight is 180 g/mol. The van der Waals surface area contributed by atoms with Crippen LogP contribution < -0.4 is 10.6 Å². The molecule has 1 aliphatic rings. The molecule has 0 spiro atoms. The van der Waals surface area contributed by atoms with E-state index in [1.807, 2.05) is 0 Å². The molecule has 2 heteroatoms. The topological polar surface area (TPSA) is 24.1 Å². The van der Waals surface area contributed by atoms with Crippen molar-refractivity contribution in [2.45, 2.75) is 6.92 Å². The Kier molecular flexibility index (Phi) is 4.79. The third kappa shape index (κ3) is 3.33. The lowest BCUT2D eigenvalue weighted by Crippen LogP contribution is -2.13. The standard InChI is InChI=1S/C11H20N2/c1-3-10-8-13-9-11(10)6-5-7-12-4-2/h3,5-6,10-13H,1,4,7-9H2,2H3/b6-5+. The highest BCUT2D eigenvalue weighted by Crippen LogP contribution is 2.18. The smallest absolute Gasteiger partial charge is 0.0134 e. The molecular weight excluding hydrogens is 160 g/mol. The van der Waals surface area contributed by atoms with Gasteiger partial charge in [-0.3, -0.25) is 0 Å². The van der Waals surface area contributed by atoms with E-state index in [1.54, 1.807) is 0 Å². The van der Waals surface area contributed by atoms with Crippen molar-refractivity contribution in [3.05, 3.63) is 24.8 Å². The van der Waals surface area contributed by atoms with E-state index in [0.29, 0.717) is 11.8 Å². The molecule has 0 radical (unpaired) electrons. The average Bonchev–Trinajstić information content (AvgIpc) is 2.60. The van der Waals surface area contributed by atoms with Gasteiger partial charge < -0.3 is 10.6 Å². The summed E-state index contributed by atoms with van der Waals surface area (Å²) < 4.78 is 0. The SMILES string of the molecule is C=CC1CNCC1/C=C/CNCC. The first-order chi connectivity index (χ1) is 6.38. The molecule has 0 bridgehead atoms. The molecule has 0 aromatic heterocycles. The molecule has 2 atom stereocenters. The monoisotopic (exact) mass is 180 g/mol. The minimum absolute atomic E-state index is 0.623. The van der Waals surface area contributed by atoms with E-state index in [9.17, 15) is 0 Å². The molecule has 1 heterocycles. The van der Waals surface area contributed by atoms with Gasteiger partial charge in [-0.2, -0.15) is 0 Å². The van der Waals surface area contributed by atoms with Gasteiger partial charge in [-0.25, -0.2) is 0 Å². The number of rotatable bonds is 5. The first kappa shape index (κ1) is 10.5. The fraction of sp³-hybridized carbons (Fsp3) is 0.636. The summed E-state index contributed by atoms with van der Waals surface area (Å²) >= 11 is 0. The van der Waals surface area contributed by atoms with Gasteiger partial charge in [0.1, 0.15) is 0 Å². The van der Waals surface area contributed by atoms with Gasteiger partial charge in [0.15, 0.2) is 0 Å². The van der Waals surface area contributed by atoms with Crippen LogP contribution in [0.3, 0.4) is 0 Å². The van der Waals surface area contributed by atoms with Crippen LogP contribution in [0.2, 0.25) is 0 Å². The predicted molar refractivity (Wildman–Crippen MR) is 57.7 cm³/mol. The summed E-state index contributed by atoms with van der Waals surface area (Å²) in [5.74, 6) is 1.27. The van der Waals surface area contributed by atoms with Gasteiger partial charge in [0, 0.05) is 19.6 Å². The van der Waals surface area contributed by atoms with Crippen LogP contribution in [0.25, 0.3) is 0 Å². The largest absolute Gasteiger partial charge is 0.316 e. The molecule has 1 saturated heterocycles. The van der Waals surface area contributed by atoms with Gasteiger partial charge in [-0.05, 0) is 18.4 Å². The van der Waals surface area contributed by atoms with Gasteiger partial charge in [-0.15, -0.1) is 6.58 Å². The van der Waals surface area contributed by atoms with Crippen LogP contribution >= 0.6 is 0 Å². The van der Waals surface area contributed by atoms with Gasteiger partial charge in [0.2, 0.25) is 0 Å². The minimum atomic E-state index is 0.623. The van der Waals surface area contributed by atoms with Crippen LogP contribution in [0.15, 0.2) is 24.8 Å². The summed E-state index contributed by atoms with van der Waals surface area (Å²) in [4.78, 5) is 0. The Balaban J connectivity index is 2.26. The van der Waals surface area contributed by atoms with Crippen LogP contribution in [-0.4, -0.2) is 26.2 Å². The Morgan fingerprint density at radius 3 is 2.92 bits per heavy atom. The summed E-state index contributed by atoms with van der Waals surface area (Å²) in [6.45, 7) is 10.2. The minimum Gasteiger partial charge on any atom is -0.316 e. The third-order valence-corrected chi connectivity index (χ3v) is 2.51. The number of hydrogen-bond donors (Lipinski definition) is 2. The van der Waals surface area contributed by atoms with E-state index in [0.717, 1.165) is 26.2 Å². The molecule has 0 amide bonds.